The van der Waals surface area contributed by atoms with E-state index in [2.05, 4.69) is 6.58 Å². The molecule has 0 radical (unpaired) electrons. The van der Waals surface area contributed by atoms with Crippen LogP contribution in [0.2, 0.25) is 0 Å². The Hall–Kier alpha value is -0.600. The maximum absolute atomic E-state index is 9.63. The van der Waals surface area contributed by atoms with E-state index < -0.39 is 12.2 Å². The molecule has 68 valence electrons. The Morgan fingerprint density at radius 1 is 1.58 bits per heavy atom. The zero-order chi connectivity index (χ0) is 9.30. The number of hydrogen-bond donors (Lipinski definition) is 2. The lowest BCUT2D eigenvalue weighted by atomic mass is 9.82. The first-order valence-electron chi connectivity index (χ1n) is 4.22. The van der Waals surface area contributed by atoms with E-state index in [0.717, 1.165) is 17.6 Å². The summed E-state index contributed by atoms with van der Waals surface area (Å²) in [7, 11) is 0. The molecule has 2 N–H and O–H groups in total. The van der Waals surface area contributed by atoms with Crippen molar-refractivity contribution in [1.82, 2.24) is 0 Å². The Kier molecular flexibility index (Phi) is 2.70. The third kappa shape index (κ3) is 1.59. The van der Waals surface area contributed by atoms with Crippen LogP contribution in [0.3, 0.4) is 0 Å². The van der Waals surface area contributed by atoms with Gasteiger partial charge in [0.1, 0.15) is 6.10 Å². The Morgan fingerprint density at radius 3 is 2.67 bits per heavy atom. The molecule has 3 atom stereocenters. The van der Waals surface area contributed by atoms with Crippen LogP contribution in [0.5, 0.6) is 0 Å². The molecular formula is C10H16O2. The summed E-state index contributed by atoms with van der Waals surface area (Å²) in [6, 6.07) is 0. The number of aliphatic hydroxyl groups is 2. The van der Waals surface area contributed by atoms with Gasteiger partial charge in [0, 0.05) is 5.92 Å². The molecule has 0 aliphatic heterocycles. The van der Waals surface area contributed by atoms with Crippen molar-refractivity contribution in [1.29, 1.82) is 0 Å². The molecule has 0 aromatic carbocycles. The fourth-order valence-electron chi connectivity index (χ4n) is 1.56. The molecule has 0 saturated carbocycles. The Labute approximate surface area is 73.2 Å². The minimum Gasteiger partial charge on any atom is -0.389 e. The summed E-state index contributed by atoms with van der Waals surface area (Å²) in [5.74, 6) is 0.0173. The van der Waals surface area contributed by atoms with E-state index in [1.165, 1.54) is 0 Å². The van der Waals surface area contributed by atoms with Gasteiger partial charge in [-0.3, -0.25) is 0 Å². The molecule has 12 heavy (non-hydrogen) atoms. The van der Waals surface area contributed by atoms with E-state index in [0.29, 0.717) is 0 Å². The Morgan fingerprint density at radius 2 is 2.17 bits per heavy atom. The maximum atomic E-state index is 9.63. The number of allylic oxidation sites excluding steroid dienone is 1. The van der Waals surface area contributed by atoms with E-state index in [-0.39, 0.29) is 5.92 Å². The SMILES string of the molecule is C=C(C)[C@@H]1CC=C(C)[C@@H](O)[C@H]1O. The molecule has 0 aromatic rings. The van der Waals surface area contributed by atoms with Gasteiger partial charge in [0.15, 0.2) is 0 Å². The highest BCUT2D eigenvalue weighted by Crippen LogP contribution is 2.28. The lowest BCUT2D eigenvalue weighted by Crippen LogP contribution is -2.37. The van der Waals surface area contributed by atoms with Crippen molar-refractivity contribution in [3.8, 4) is 0 Å². The number of aliphatic hydroxyl groups excluding tert-OH is 2. The minimum atomic E-state index is -0.708. The summed E-state index contributed by atoms with van der Waals surface area (Å²) in [5.41, 5.74) is 1.80. The lowest BCUT2D eigenvalue weighted by molar-refractivity contribution is 0.00618. The van der Waals surface area contributed by atoms with Crippen LogP contribution in [0.15, 0.2) is 23.8 Å². The predicted molar refractivity (Wildman–Crippen MR) is 48.7 cm³/mol. The van der Waals surface area contributed by atoms with E-state index in [1.807, 2.05) is 19.9 Å². The lowest BCUT2D eigenvalue weighted by Gasteiger charge is -2.31. The van der Waals surface area contributed by atoms with Crippen LogP contribution in [-0.2, 0) is 0 Å². The zero-order valence-electron chi connectivity index (χ0n) is 7.62. The van der Waals surface area contributed by atoms with Crippen molar-refractivity contribution in [2.75, 3.05) is 0 Å². The monoisotopic (exact) mass is 168 g/mol. The van der Waals surface area contributed by atoms with E-state index >= 15 is 0 Å². The average molecular weight is 168 g/mol. The average Bonchev–Trinajstić information content (AvgIpc) is 2.00. The van der Waals surface area contributed by atoms with Gasteiger partial charge in [0.25, 0.3) is 0 Å². The van der Waals surface area contributed by atoms with Gasteiger partial charge in [-0.15, -0.1) is 0 Å². The van der Waals surface area contributed by atoms with Crippen molar-refractivity contribution in [2.24, 2.45) is 5.92 Å². The predicted octanol–water partition coefficient (Wildman–Crippen LogP) is 1.25. The Bertz CT molecular complexity index is 218. The number of hydrogen-bond acceptors (Lipinski definition) is 2. The molecule has 2 heteroatoms. The highest BCUT2D eigenvalue weighted by Gasteiger charge is 2.30. The third-order valence-corrected chi connectivity index (χ3v) is 2.53. The van der Waals surface area contributed by atoms with Gasteiger partial charge in [-0.1, -0.05) is 18.2 Å². The molecule has 0 heterocycles. The first-order chi connectivity index (χ1) is 5.54. The topological polar surface area (TPSA) is 40.5 Å². The second kappa shape index (κ2) is 3.42. The third-order valence-electron chi connectivity index (χ3n) is 2.53. The van der Waals surface area contributed by atoms with Crippen LogP contribution >= 0.6 is 0 Å². The molecule has 0 bridgehead atoms. The first-order valence-corrected chi connectivity index (χ1v) is 4.22. The zero-order valence-corrected chi connectivity index (χ0v) is 7.62. The molecule has 1 rings (SSSR count). The van der Waals surface area contributed by atoms with Gasteiger partial charge in [-0.05, 0) is 25.8 Å². The van der Waals surface area contributed by atoms with Gasteiger partial charge in [-0.25, -0.2) is 0 Å². The van der Waals surface area contributed by atoms with E-state index in [9.17, 15) is 10.2 Å². The van der Waals surface area contributed by atoms with Crippen LogP contribution in [0.25, 0.3) is 0 Å². The minimum absolute atomic E-state index is 0.0173. The van der Waals surface area contributed by atoms with Crippen LogP contribution in [0, 0.1) is 5.92 Å². The molecule has 2 nitrogen and oxygen atoms in total. The van der Waals surface area contributed by atoms with Crippen molar-refractivity contribution < 1.29 is 10.2 Å². The van der Waals surface area contributed by atoms with Gasteiger partial charge in [0.2, 0.25) is 0 Å². The largest absolute Gasteiger partial charge is 0.389 e. The molecule has 0 fully saturated rings. The summed E-state index contributed by atoms with van der Waals surface area (Å²) < 4.78 is 0. The molecule has 0 unspecified atom stereocenters. The highest BCUT2D eigenvalue weighted by atomic mass is 16.3. The standard InChI is InChI=1S/C10H16O2/c1-6(2)8-5-4-7(3)9(11)10(8)12/h4,8-12H,1,5H2,2-3H3/t8-,9+,10-/m0/s1. The second-order valence-electron chi connectivity index (χ2n) is 3.57. The van der Waals surface area contributed by atoms with Crippen LogP contribution in [-0.4, -0.2) is 22.4 Å². The summed E-state index contributed by atoms with van der Waals surface area (Å²) in [6.45, 7) is 7.51. The van der Waals surface area contributed by atoms with Crippen molar-refractivity contribution in [3.63, 3.8) is 0 Å². The quantitative estimate of drug-likeness (QED) is 0.578. The van der Waals surface area contributed by atoms with Crippen molar-refractivity contribution in [3.05, 3.63) is 23.8 Å². The summed E-state index contributed by atoms with van der Waals surface area (Å²) in [5, 5.41) is 19.1. The summed E-state index contributed by atoms with van der Waals surface area (Å²) in [4.78, 5) is 0. The molecule has 0 saturated heterocycles. The van der Waals surface area contributed by atoms with Crippen molar-refractivity contribution >= 4 is 0 Å². The molecule has 1 aliphatic rings. The van der Waals surface area contributed by atoms with Gasteiger partial charge < -0.3 is 10.2 Å². The van der Waals surface area contributed by atoms with Gasteiger partial charge in [-0.2, -0.15) is 0 Å². The van der Waals surface area contributed by atoms with Crippen LogP contribution in [0.1, 0.15) is 20.3 Å². The fourth-order valence-corrected chi connectivity index (χ4v) is 1.56. The van der Waals surface area contributed by atoms with E-state index in [1.54, 1.807) is 0 Å². The fraction of sp³-hybridized carbons (Fsp3) is 0.600. The maximum Gasteiger partial charge on any atom is 0.101 e. The molecule has 0 aromatic heterocycles. The molecular weight excluding hydrogens is 152 g/mol. The van der Waals surface area contributed by atoms with Crippen molar-refractivity contribution in [2.45, 2.75) is 32.5 Å². The van der Waals surface area contributed by atoms with Gasteiger partial charge in [0.05, 0.1) is 6.10 Å². The molecule has 0 amide bonds. The highest BCUT2D eigenvalue weighted by molar-refractivity contribution is 5.18. The molecule has 0 spiro atoms. The van der Waals surface area contributed by atoms with Crippen LogP contribution < -0.4 is 0 Å². The van der Waals surface area contributed by atoms with Crippen LogP contribution in [0.4, 0.5) is 0 Å². The smallest absolute Gasteiger partial charge is 0.101 e. The Balaban J connectivity index is 2.80. The second-order valence-corrected chi connectivity index (χ2v) is 3.57. The summed E-state index contributed by atoms with van der Waals surface area (Å²) in [6.07, 6.45) is 1.38. The number of rotatable bonds is 1. The normalized spacial score (nSPS) is 36.0. The summed E-state index contributed by atoms with van der Waals surface area (Å²) >= 11 is 0. The van der Waals surface area contributed by atoms with E-state index in [4.69, 9.17) is 0 Å². The first kappa shape index (κ1) is 9.49. The van der Waals surface area contributed by atoms with Gasteiger partial charge >= 0.3 is 0 Å². The molecule has 1 aliphatic carbocycles.